The molecule has 2 rings (SSSR count). The second kappa shape index (κ2) is 5.09. The first-order chi connectivity index (χ1) is 8.15. The third-order valence-corrected chi connectivity index (χ3v) is 3.08. The van der Waals surface area contributed by atoms with Crippen molar-refractivity contribution in [3.8, 4) is 0 Å². The van der Waals surface area contributed by atoms with Crippen LogP contribution in [0.5, 0.6) is 0 Å². The lowest BCUT2D eigenvalue weighted by molar-refractivity contribution is -0.137. The van der Waals surface area contributed by atoms with E-state index < -0.39 is 12.0 Å². The van der Waals surface area contributed by atoms with Crippen LogP contribution in [0.3, 0.4) is 0 Å². The number of rotatable bonds is 5. The van der Waals surface area contributed by atoms with Crippen molar-refractivity contribution in [2.75, 3.05) is 5.32 Å². The number of carboxylic acids is 1. The molecule has 0 bridgehead atoms. The average molecular weight is 256 g/mol. The summed E-state index contributed by atoms with van der Waals surface area (Å²) in [6.45, 7) is 0. The van der Waals surface area contributed by atoms with Gasteiger partial charge in [0.1, 0.15) is 5.00 Å². The number of carbonyl (C=O) groups excluding carboxylic acids is 1. The highest BCUT2D eigenvalue weighted by atomic mass is 32.1. The quantitative estimate of drug-likeness (QED) is 0.726. The second-order valence-electron chi connectivity index (χ2n) is 3.92. The van der Waals surface area contributed by atoms with Gasteiger partial charge in [-0.25, -0.2) is 4.79 Å². The van der Waals surface area contributed by atoms with Crippen molar-refractivity contribution in [3.63, 3.8) is 0 Å². The van der Waals surface area contributed by atoms with E-state index in [1.165, 1.54) is 6.20 Å². The fourth-order valence-corrected chi connectivity index (χ4v) is 1.98. The molecule has 1 aromatic heterocycles. The molecule has 92 valence electrons. The Kier molecular flexibility index (Phi) is 3.52. The van der Waals surface area contributed by atoms with E-state index in [2.05, 4.69) is 20.2 Å². The van der Waals surface area contributed by atoms with Crippen molar-refractivity contribution in [3.05, 3.63) is 6.20 Å². The van der Waals surface area contributed by atoms with Gasteiger partial charge in [0.25, 0.3) is 0 Å². The summed E-state index contributed by atoms with van der Waals surface area (Å²) in [5, 5.41) is 18.1. The van der Waals surface area contributed by atoms with E-state index in [1.807, 2.05) is 0 Å². The number of urea groups is 1. The van der Waals surface area contributed by atoms with E-state index in [0.29, 0.717) is 5.00 Å². The monoisotopic (exact) mass is 256 g/mol. The minimum atomic E-state index is -0.901. The molecular weight excluding hydrogens is 244 g/mol. The van der Waals surface area contributed by atoms with Crippen LogP contribution in [0.25, 0.3) is 0 Å². The zero-order valence-corrected chi connectivity index (χ0v) is 9.74. The van der Waals surface area contributed by atoms with Crippen LogP contribution in [-0.4, -0.2) is 32.7 Å². The molecule has 1 fully saturated rings. The Morgan fingerprint density at radius 3 is 2.88 bits per heavy atom. The van der Waals surface area contributed by atoms with Gasteiger partial charge in [-0.15, -0.1) is 5.10 Å². The van der Waals surface area contributed by atoms with Gasteiger partial charge in [0, 0.05) is 17.6 Å². The highest BCUT2D eigenvalue weighted by Crippen LogP contribution is 2.34. The molecule has 17 heavy (non-hydrogen) atoms. The summed E-state index contributed by atoms with van der Waals surface area (Å²) >= 11 is 1.07. The topological polar surface area (TPSA) is 104 Å². The average Bonchev–Trinajstić information content (AvgIpc) is 2.97. The Bertz CT molecular complexity index is 404. The molecule has 3 N–H and O–H groups in total. The highest BCUT2D eigenvalue weighted by Gasteiger charge is 2.33. The van der Waals surface area contributed by atoms with E-state index in [4.69, 9.17) is 5.11 Å². The normalized spacial score (nSPS) is 16.2. The van der Waals surface area contributed by atoms with Crippen molar-refractivity contribution in [1.29, 1.82) is 0 Å². The molecule has 1 aliphatic carbocycles. The lowest BCUT2D eigenvalue weighted by Gasteiger charge is -2.15. The van der Waals surface area contributed by atoms with E-state index in [0.717, 1.165) is 24.4 Å². The zero-order chi connectivity index (χ0) is 12.3. The van der Waals surface area contributed by atoms with Crippen LogP contribution in [-0.2, 0) is 4.79 Å². The standard InChI is InChI=1S/C9H12N4O3S/c14-8(15)3-6(5-1-2-5)11-9(16)12-7-4-10-13-17-7/h4-6H,1-3H2,(H,14,15)(H2,11,12,16). The molecule has 0 aromatic carbocycles. The number of aliphatic carboxylic acids is 1. The number of amides is 2. The van der Waals surface area contributed by atoms with Crippen LogP contribution in [0.2, 0.25) is 0 Å². The molecule has 1 unspecified atom stereocenters. The van der Waals surface area contributed by atoms with Crippen LogP contribution < -0.4 is 10.6 Å². The SMILES string of the molecule is O=C(O)CC(NC(=O)Nc1cnns1)C1CC1. The maximum atomic E-state index is 11.6. The Hall–Kier alpha value is -1.70. The van der Waals surface area contributed by atoms with E-state index >= 15 is 0 Å². The Morgan fingerprint density at radius 1 is 1.59 bits per heavy atom. The highest BCUT2D eigenvalue weighted by molar-refractivity contribution is 7.10. The van der Waals surface area contributed by atoms with Crippen LogP contribution in [0.1, 0.15) is 19.3 Å². The summed E-state index contributed by atoms with van der Waals surface area (Å²) < 4.78 is 3.61. The lowest BCUT2D eigenvalue weighted by Crippen LogP contribution is -2.40. The molecule has 1 aromatic rings. The lowest BCUT2D eigenvalue weighted by atomic mass is 10.1. The number of nitrogens with zero attached hydrogens (tertiary/aromatic N) is 2. The number of hydrogen-bond donors (Lipinski definition) is 3. The predicted molar refractivity (Wildman–Crippen MR) is 60.8 cm³/mol. The number of carbonyl (C=O) groups is 2. The van der Waals surface area contributed by atoms with Gasteiger partial charge < -0.3 is 10.4 Å². The first-order valence-electron chi connectivity index (χ1n) is 5.22. The molecule has 1 saturated carbocycles. The number of hydrogen-bond acceptors (Lipinski definition) is 5. The van der Waals surface area contributed by atoms with Gasteiger partial charge in [-0.3, -0.25) is 10.1 Å². The molecule has 2 amide bonds. The molecule has 0 spiro atoms. The van der Waals surface area contributed by atoms with E-state index in [1.54, 1.807) is 0 Å². The minimum Gasteiger partial charge on any atom is -0.481 e. The Morgan fingerprint density at radius 2 is 2.35 bits per heavy atom. The van der Waals surface area contributed by atoms with Gasteiger partial charge in [-0.2, -0.15) is 0 Å². The molecule has 0 radical (unpaired) electrons. The molecule has 8 heteroatoms. The molecule has 7 nitrogen and oxygen atoms in total. The maximum absolute atomic E-state index is 11.6. The Labute approximate surface area is 101 Å². The van der Waals surface area contributed by atoms with Crippen LogP contribution >= 0.6 is 11.5 Å². The third kappa shape index (κ3) is 3.66. The molecule has 0 saturated heterocycles. The molecule has 0 aliphatic heterocycles. The summed E-state index contributed by atoms with van der Waals surface area (Å²) in [4.78, 5) is 22.2. The van der Waals surface area contributed by atoms with Crippen molar-refractivity contribution >= 4 is 28.5 Å². The number of anilines is 1. The molecular formula is C9H12N4O3S. The van der Waals surface area contributed by atoms with Crippen LogP contribution in [0.15, 0.2) is 6.20 Å². The molecule has 1 aliphatic rings. The summed E-state index contributed by atoms with van der Waals surface area (Å²) in [7, 11) is 0. The number of nitrogens with one attached hydrogen (secondary N) is 2. The zero-order valence-electron chi connectivity index (χ0n) is 8.92. The van der Waals surface area contributed by atoms with Crippen molar-refractivity contribution < 1.29 is 14.7 Å². The second-order valence-corrected chi connectivity index (χ2v) is 4.71. The smallest absolute Gasteiger partial charge is 0.320 e. The summed E-state index contributed by atoms with van der Waals surface area (Å²) in [6, 6.07) is -0.706. The van der Waals surface area contributed by atoms with E-state index in [-0.39, 0.29) is 18.4 Å². The molecule has 1 heterocycles. The summed E-state index contributed by atoms with van der Waals surface area (Å²) in [6.07, 6.45) is 3.34. The fraction of sp³-hybridized carbons (Fsp3) is 0.556. The van der Waals surface area contributed by atoms with E-state index in [9.17, 15) is 9.59 Å². The van der Waals surface area contributed by atoms with Gasteiger partial charge in [-0.1, -0.05) is 4.49 Å². The first-order valence-corrected chi connectivity index (χ1v) is 5.99. The van der Waals surface area contributed by atoms with Crippen LogP contribution in [0, 0.1) is 5.92 Å². The van der Waals surface area contributed by atoms with Crippen LogP contribution in [0.4, 0.5) is 9.80 Å². The number of aromatic nitrogens is 2. The van der Waals surface area contributed by atoms with Gasteiger partial charge in [-0.05, 0) is 18.8 Å². The van der Waals surface area contributed by atoms with Crippen molar-refractivity contribution in [2.45, 2.75) is 25.3 Å². The fourth-order valence-electron chi connectivity index (χ4n) is 1.56. The Balaban J connectivity index is 1.84. The first kappa shape index (κ1) is 11.8. The maximum Gasteiger partial charge on any atom is 0.320 e. The van der Waals surface area contributed by atoms with Gasteiger partial charge in [0.15, 0.2) is 0 Å². The summed E-state index contributed by atoms with van der Waals surface area (Å²) in [5.74, 6) is -0.613. The molecule has 1 atom stereocenters. The van der Waals surface area contributed by atoms with Gasteiger partial charge >= 0.3 is 12.0 Å². The minimum absolute atomic E-state index is 0.0426. The van der Waals surface area contributed by atoms with Crippen molar-refractivity contribution in [2.24, 2.45) is 5.92 Å². The predicted octanol–water partition coefficient (Wildman–Crippen LogP) is 0.913. The summed E-state index contributed by atoms with van der Waals surface area (Å²) in [5.41, 5.74) is 0. The van der Waals surface area contributed by atoms with Crippen molar-refractivity contribution in [1.82, 2.24) is 14.9 Å². The third-order valence-electron chi connectivity index (χ3n) is 2.50. The van der Waals surface area contributed by atoms with Gasteiger partial charge in [0.2, 0.25) is 0 Å². The van der Waals surface area contributed by atoms with Gasteiger partial charge in [0.05, 0.1) is 12.6 Å². The largest absolute Gasteiger partial charge is 0.481 e. The number of carboxylic acid groups (broad SMARTS) is 1.